The summed E-state index contributed by atoms with van der Waals surface area (Å²) in [7, 11) is 1.75. The highest BCUT2D eigenvalue weighted by atomic mass is 16.5. The van der Waals surface area contributed by atoms with E-state index in [4.69, 9.17) is 9.84 Å². The van der Waals surface area contributed by atoms with E-state index in [0.717, 1.165) is 5.69 Å². The molecule has 1 rings (SSSR count). The van der Waals surface area contributed by atoms with Crippen LogP contribution < -0.4 is 10.2 Å². The van der Waals surface area contributed by atoms with E-state index in [-0.39, 0.29) is 11.2 Å². The van der Waals surface area contributed by atoms with Crippen molar-refractivity contribution >= 4 is 5.97 Å². The van der Waals surface area contributed by atoms with Crippen molar-refractivity contribution < 1.29 is 14.6 Å². The monoisotopic (exact) mass is 197 g/mol. The molecular formula is C9H11NO4. The quantitative estimate of drug-likeness (QED) is 0.749. The second kappa shape index (κ2) is 3.95. The van der Waals surface area contributed by atoms with Crippen LogP contribution in [0.25, 0.3) is 0 Å². The standard InChI is InChI=1S/C9H11NO4/c1-6-3-7(11)8(4-10(6)2)14-5-9(12)13/h3-4H,5H2,1-2H3,(H,12,13). The Balaban J connectivity index is 2.93. The van der Waals surface area contributed by atoms with Crippen LogP contribution in [-0.2, 0) is 11.8 Å². The average Bonchev–Trinajstić information content (AvgIpc) is 2.09. The van der Waals surface area contributed by atoms with Crippen LogP contribution in [0.3, 0.4) is 0 Å². The van der Waals surface area contributed by atoms with Gasteiger partial charge in [-0.1, -0.05) is 0 Å². The minimum absolute atomic E-state index is 0.0560. The lowest BCUT2D eigenvalue weighted by Crippen LogP contribution is -2.16. The number of aliphatic carboxylic acids is 1. The van der Waals surface area contributed by atoms with Gasteiger partial charge in [0.2, 0.25) is 5.43 Å². The van der Waals surface area contributed by atoms with Gasteiger partial charge in [-0.25, -0.2) is 4.79 Å². The highest BCUT2D eigenvalue weighted by Gasteiger charge is 2.04. The van der Waals surface area contributed by atoms with Crippen LogP contribution >= 0.6 is 0 Å². The molecule has 0 aliphatic carbocycles. The van der Waals surface area contributed by atoms with Gasteiger partial charge in [0.25, 0.3) is 0 Å². The third-order valence-electron chi connectivity index (χ3n) is 1.80. The molecule has 0 saturated carbocycles. The molecule has 0 unspecified atom stereocenters. The third kappa shape index (κ3) is 2.35. The second-order valence-corrected chi connectivity index (χ2v) is 2.94. The number of hydrogen-bond donors (Lipinski definition) is 1. The maximum absolute atomic E-state index is 11.3. The number of carboxylic acids is 1. The fraction of sp³-hybridized carbons (Fsp3) is 0.333. The van der Waals surface area contributed by atoms with E-state index in [1.54, 1.807) is 18.5 Å². The smallest absolute Gasteiger partial charge is 0.341 e. The molecule has 76 valence electrons. The molecule has 0 spiro atoms. The Kier molecular flexibility index (Phi) is 2.91. The lowest BCUT2D eigenvalue weighted by atomic mass is 10.3. The summed E-state index contributed by atoms with van der Waals surface area (Å²) < 4.78 is 6.49. The van der Waals surface area contributed by atoms with Crippen molar-refractivity contribution in [2.24, 2.45) is 7.05 Å². The largest absolute Gasteiger partial charge is 0.479 e. The number of nitrogens with zero attached hydrogens (tertiary/aromatic N) is 1. The Morgan fingerprint density at radius 2 is 2.29 bits per heavy atom. The molecule has 0 amide bonds. The molecular weight excluding hydrogens is 186 g/mol. The van der Waals surface area contributed by atoms with E-state index in [9.17, 15) is 9.59 Å². The van der Waals surface area contributed by atoms with Crippen LogP contribution in [0.2, 0.25) is 0 Å². The van der Waals surface area contributed by atoms with Gasteiger partial charge < -0.3 is 14.4 Å². The van der Waals surface area contributed by atoms with E-state index in [0.29, 0.717) is 0 Å². The zero-order valence-electron chi connectivity index (χ0n) is 7.98. The van der Waals surface area contributed by atoms with Gasteiger partial charge in [0.15, 0.2) is 12.4 Å². The van der Waals surface area contributed by atoms with Gasteiger partial charge in [0.1, 0.15) is 0 Å². The van der Waals surface area contributed by atoms with Gasteiger partial charge in [-0.2, -0.15) is 0 Å². The highest BCUT2D eigenvalue weighted by Crippen LogP contribution is 2.03. The van der Waals surface area contributed by atoms with E-state index in [1.165, 1.54) is 12.3 Å². The first-order valence-electron chi connectivity index (χ1n) is 4.02. The van der Waals surface area contributed by atoms with Crippen molar-refractivity contribution in [2.75, 3.05) is 6.61 Å². The molecule has 0 bridgehead atoms. The summed E-state index contributed by atoms with van der Waals surface area (Å²) in [5.41, 5.74) is 0.486. The van der Waals surface area contributed by atoms with Gasteiger partial charge in [-0.3, -0.25) is 4.79 Å². The molecule has 1 aromatic rings. The molecule has 0 aromatic carbocycles. The number of pyridine rings is 1. The number of hydrogen-bond acceptors (Lipinski definition) is 3. The summed E-state index contributed by atoms with van der Waals surface area (Å²) in [6.07, 6.45) is 1.47. The Hall–Kier alpha value is -1.78. The van der Waals surface area contributed by atoms with Crippen molar-refractivity contribution in [3.63, 3.8) is 0 Å². The molecule has 0 aliphatic rings. The molecule has 0 atom stereocenters. The van der Waals surface area contributed by atoms with Gasteiger partial charge in [0.05, 0.1) is 6.20 Å². The minimum atomic E-state index is -1.10. The number of carboxylic acid groups (broad SMARTS) is 1. The van der Waals surface area contributed by atoms with Crippen molar-refractivity contribution in [3.05, 3.63) is 28.2 Å². The normalized spacial score (nSPS) is 9.86. The molecule has 14 heavy (non-hydrogen) atoms. The fourth-order valence-corrected chi connectivity index (χ4v) is 0.952. The molecule has 0 fully saturated rings. The van der Waals surface area contributed by atoms with Crippen molar-refractivity contribution in [3.8, 4) is 5.75 Å². The first kappa shape index (κ1) is 10.3. The molecule has 1 heterocycles. The van der Waals surface area contributed by atoms with Crippen LogP contribution in [0.15, 0.2) is 17.1 Å². The average molecular weight is 197 g/mol. The van der Waals surface area contributed by atoms with E-state index in [1.807, 2.05) is 0 Å². The Labute approximate surface area is 80.6 Å². The predicted molar refractivity (Wildman–Crippen MR) is 49.6 cm³/mol. The highest BCUT2D eigenvalue weighted by molar-refractivity contribution is 5.68. The number of rotatable bonds is 3. The number of ether oxygens (including phenoxy) is 1. The van der Waals surface area contributed by atoms with Crippen LogP contribution in [0.5, 0.6) is 5.75 Å². The van der Waals surface area contributed by atoms with Crippen LogP contribution in [-0.4, -0.2) is 22.2 Å². The number of aryl methyl sites for hydroxylation is 2. The lowest BCUT2D eigenvalue weighted by molar-refractivity contribution is -0.139. The predicted octanol–water partition coefficient (Wildman–Crippen LogP) is 0.157. The Morgan fingerprint density at radius 3 is 2.86 bits per heavy atom. The summed E-state index contributed by atoms with van der Waals surface area (Å²) in [6, 6.07) is 1.40. The summed E-state index contributed by atoms with van der Waals surface area (Å²) in [5.74, 6) is -1.05. The fourth-order valence-electron chi connectivity index (χ4n) is 0.952. The third-order valence-corrected chi connectivity index (χ3v) is 1.80. The van der Waals surface area contributed by atoms with E-state index in [2.05, 4.69) is 0 Å². The van der Waals surface area contributed by atoms with E-state index < -0.39 is 12.6 Å². The maximum atomic E-state index is 11.3. The molecule has 1 N–H and O–H groups in total. The first-order valence-corrected chi connectivity index (χ1v) is 4.02. The first-order chi connectivity index (χ1) is 6.50. The van der Waals surface area contributed by atoms with Crippen LogP contribution in [0.4, 0.5) is 0 Å². The number of carbonyl (C=O) groups is 1. The lowest BCUT2D eigenvalue weighted by Gasteiger charge is -2.07. The van der Waals surface area contributed by atoms with Crippen molar-refractivity contribution in [1.29, 1.82) is 0 Å². The Morgan fingerprint density at radius 1 is 1.64 bits per heavy atom. The summed E-state index contributed by atoms with van der Waals surface area (Å²) in [6.45, 7) is 1.28. The molecule has 1 aromatic heterocycles. The summed E-state index contributed by atoms with van der Waals surface area (Å²) in [4.78, 5) is 21.5. The number of aromatic nitrogens is 1. The van der Waals surface area contributed by atoms with Crippen LogP contribution in [0.1, 0.15) is 5.69 Å². The molecule has 0 saturated heterocycles. The molecule has 0 aliphatic heterocycles. The zero-order chi connectivity index (χ0) is 10.7. The van der Waals surface area contributed by atoms with Gasteiger partial charge >= 0.3 is 5.97 Å². The molecule has 5 nitrogen and oxygen atoms in total. The zero-order valence-corrected chi connectivity index (χ0v) is 7.98. The maximum Gasteiger partial charge on any atom is 0.341 e. The second-order valence-electron chi connectivity index (χ2n) is 2.94. The summed E-state index contributed by atoms with van der Waals surface area (Å²) in [5, 5.41) is 8.36. The van der Waals surface area contributed by atoms with Crippen LogP contribution in [0, 0.1) is 6.92 Å². The van der Waals surface area contributed by atoms with Gasteiger partial charge in [-0.15, -0.1) is 0 Å². The SMILES string of the molecule is Cc1cc(=O)c(OCC(=O)O)cn1C. The van der Waals surface area contributed by atoms with E-state index >= 15 is 0 Å². The van der Waals surface area contributed by atoms with Crippen molar-refractivity contribution in [2.45, 2.75) is 6.92 Å². The van der Waals surface area contributed by atoms with Gasteiger partial charge in [-0.05, 0) is 6.92 Å². The van der Waals surface area contributed by atoms with Gasteiger partial charge in [0, 0.05) is 18.8 Å². The molecule has 0 radical (unpaired) electrons. The molecule has 5 heteroatoms. The van der Waals surface area contributed by atoms with Crippen molar-refractivity contribution in [1.82, 2.24) is 4.57 Å². The topological polar surface area (TPSA) is 68.5 Å². The minimum Gasteiger partial charge on any atom is -0.479 e. The summed E-state index contributed by atoms with van der Waals surface area (Å²) >= 11 is 0. The Bertz CT molecular complexity index is 408.